The molecule has 0 aliphatic carbocycles. The molecule has 24 heavy (non-hydrogen) atoms. The summed E-state index contributed by atoms with van der Waals surface area (Å²) in [6, 6.07) is -0.274. The molecule has 0 aromatic carbocycles. The summed E-state index contributed by atoms with van der Waals surface area (Å²) in [6.45, 7) is 8.09. The molecule has 0 bridgehead atoms. The van der Waals surface area contributed by atoms with E-state index in [-0.39, 0.29) is 30.3 Å². The second kappa shape index (κ2) is 12.0. The molecule has 0 aromatic rings. The summed E-state index contributed by atoms with van der Waals surface area (Å²) in [5.74, 6) is 1.51. The summed E-state index contributed by atoms with van der Waals surface area (Å²) in [6.07, 6.45) is 3.44. The van der Waals surface area contributed by atoms with Gasteiger partial charge in [-0.05, 0) is 19.4 Å². The van der Waals surface area contributed by atoms with Crippen LogP contribution in [0.4, 0.5) is 0 Å². The molecular weight excluding hydrogens is 348 g/mol. The zero-order valence-electron chi connectivity index (χ0n) is 14.6. The lowest BCUT2D eigenvalue weighted by atomic mass is 10.2. The van der Waals surface area contributed by atoms with E-state index >= 15 is 0 Å². The maximum Gasteiger partial charge on any atom is 0.243 e. The average molecular weight is 379 g/mol. The molecule has 0 saturated carbocycles. The molecule has 2 aliphatic rings. The van der Waals surface area contributed by atoms with E-state index in [4.69, 9.17) is 0 Å². The van der Waals surface area contributed by atoms with Crippen molar-refractivity contribution in [2.24, 2.45) is 0 Å². The smallest absolute Gasteiger partial charge is 0.243 e. The average Bonchev–Trinajstić information content (AvgIpc) is 3.07. The number of amides is 2. The summed E-state index contributed by atoms with van der Waals surface area (Å²) in [7, 11) is 0. The van der Waals surface area contributed by atoms with Crippen LogP contribution in [0.25, 0.3) is 0 Å². The number of carbonyl (C=O) groups excluding carboxylic acids is 2. The zero-order valence-corrected chi connectivity index (χ0v) is 16.2. The Morgan fingerprint density at radius 3 is 2.71 bits per heavy atom. The third kappa shape index (κ3) is 6.78. The second-order valence-corrected chi connectivity index (χ2v) is 7.22. The molecular formula is C16H31ClN4O2S. The van der Waals surface area contributed by atoms with Crippen molar-refractivity contribution in [2.45, 2.75) is 38.6 Å². The van der Waals surface area contributed by atoms with Gasteiger partial charge < -0.3 is 20.4 Å². The number of halogens is 1. The molecule has 1 atom stereocenters. The van der Waals surface area contributed by atoms with Gasteiger partial charge in [0.15, 0.2) is 0 Å². The van der Waals surface area contributed by atoms with Crippen LogP contribution in [0.5, 0.6) is 0 Å². The molecule has 2 heterocycles. The molecule has 2 fully saturated rings. The minimum absolute atomic E-state index is 0. The number of hydrogen-bond donors (Lipinski definition) is 2. The highest BCUT2D eigenvalue weighted by Crippen LogP contribution is 2.22. The van der Waals surface area contributed by atoms with Gasteiger partial charge >= 0.3 is 0 Å². The first-order valence-electron chi connectivity index (χ1n) is 8.80. The topological polar surface area (TPSA) is 64.7 Å². The molecule has 0 spiro atoms. The van der Waals surface area contributed by atoms with Crippen LogP contribution >= 0.6 is 24.2 Å². The highest BCUT2D eigenvalue weighted by molar-refractivity contribution is 7.99. The van der Waals surface area contributed by atoms with Crippen molar-refractivity contribution in [3.63, 3.8) is 0 Å². The third-order valence-corrected chi connectivity index (χ3v) is 5.42. The van der Waals surface area contributed by atoms with E-state index in [9.17, 15) is 9.59 Å². The fourth-order valence-electron chi connectivity index (χ4n) is 2.94. The summed E-state index contributed by atoms with van der Waals surface area (Å²) in [5, 5.41) is 6.36. The number of nitrogens with zero attached hydrogens (tertiary/aromatic N) is 2. The number of rotatable bonds is 8. The van der Waals surface area contributed by atoms with Crippen LogP contribution in [0.3, 0.4) is 0 Å². The number of piperazine rings is 1. The Labute approximate surface area is 155 Å². The van der Waals surface area contributed by atoms with E-state index in [1.54, 1.807) is 16.7 Å². The van der Waals surface area contributed by atoms with Crippen LogP contribution in [-0.2, 0) is 9.59 Å². The number of carbonyl (C=O) groups is 2. The van der Waals surface area contributed by atoms with E-state index in [1.165, 1.54) is 0 Å². The quantitative estimate of drug-likeness (QED) is 0.615. The molecule has 1 unspecified atom stereocenters. The molecule has 2 saturated heterocycles. The van der Waals surface area contributed by atoms with E-state index in [1.807, 2.05) is 0 Å². The summed E-state index contributed by atoms with van der Waals surface area (Å²) < 4.78 is 0. The van der Waals surface area contributed by atoms with Crippen molar-refractivity contribution < 1.29 is 9.59 Å². The molecule has 6 nitrogen and oxygen atoms in total. The van der Waals surface area contributed by atoms with Crippen molar-refractivity contribution in [1.82, 2.24) is 20.4 Å². The monoisotopic (exact) mass is 378 g/mol. The molecule has 0 radical (unpaired) electrons. The highest BCUT2D eigenvalue weighted by Gasteiger charge is 2.33. The standard InChI is InChI=1S/C16H30N4O2S.ClH/c1-2-3-5-15(21)20-13-23-12-14(20)16(22)18-6-4-9-19-10-7-17-8-11-19;/h14,17H,2-13H2,1H3,(H,18,22);1H. The zero-order chi connectivity index (χ0) is 16.5. The van der Waals surface area contributed by atoms with Crippen LogP contribution in [0.2, 0.25) is 0 Å². The van der Waals surface area contributed by atoms with Crippen molar-refractivity contribution in [3.8, 4) is 0 Å². The maximum atomic E-state index is 12.3. The molecule has 0 aromatic heterocycles. The van der Waals surface area contributed by atoms with Gasteiger partial charge in [-0.3, -0.25) is 9.59 Å². The lowest BCUT2D eigenvalue weighted by Gasteiger charge is -2.27. The van der Waals surface area contributed by atoms with E-state index in [0.717, 1.165) is 57.7 Å². The number of nitrogens with one attached hydrogen (secondary N) is 2. The lowest BCUT2D eigenvalue weighted by Crippen LogP contribution is -2.48. The Morgan fingerprint density at radius 2 is 2.00 bits per heavy atom. The largest absolute Gasteiger partial charge is 0.354 e. The van der Waals surface area contributed by atoms with E-state index in [2.05, 4.69) is 22.5 Å². The van der Waals surface area contributed by atoms with Gasteiger partial charge in [-0.2, -0.15) is 0 Å². The molecule has 2 aliphatic heterocycles. The minimum atomic E-state index is -0.274. The first-order chi connectivity index (χ1) is 11.2. The Kier molecular flexibility index (Phi) is 10.7. The van der Waals surface area contributed by atoms with Gasteiger partial charge in [0, 0.05) is 44.9 Å². The maximum absolute atomic E-state index is 12.3. The first-order valence-corrected chi connectivity index (χ1v) is 9.96. The number of thioether (sulfide) groups is 1. The van der Waals surface area contributed by atoms with Gasteiger partial charge in [-0.15, -0.1) is 24.2 Å². The second-order valence-electron chi connectivity index (χ2n) is 6.22. The normalized spacial score (nSPS) is 21.4. The van der Waals surface area contributed by atoms with Gasteiger partial charge in [-0.25, -0.2) is 0 Å². The predicted octanol–water partition coefficient (Wildman–Crippen LogP) is 0.911. The minimum Gasteiger partial charge on any atom is -0.354 e. The van der Waals surface area contributed by atoms with Crippen LogP contribution in [0, 0.1) is 0 Å². The van der Waals surface area contributed by atoms with Crippen LogP contribution in [0.15, 0.2) is 0 Å². The van der Waals surface area contributed by atoms with Crippen LogP contribution in [-0.4, -0.2) is 78.6 Å². The first kappa shape index (κ1) is 21.5. The molecule has 140 valence electrons. The predicted molar refractivity (Wildman–Crippen MR) is 102 cm³/mol. The van der Waals surface area contributed by atoms with E-state index in [0.29, 0.717) is 18.8 Å². The summed E-state index contributed by atoms with van der Waals surface area (Å²) in [4.78, 5) is 28.7. The van der Waals surface area contributed by atoms with Gasteiger partial charge in [0.2, 0.25) is 11.8 Å². The number of unbranched alkanes of at least 4 members (excludes halogenated alkanes) is 1. The van der Waals surface area contributed by atoms with Crippen molar-refractivity contribution in [1.29, 1.82) is 0 Å². The van der Waals surface area contributed by atoms with Crippen molar-refractivity contribution in [2.75, 3.05) is 50.9 Å². The molecule has 2 rings (SSSR count). The van der Waals surface area contributed by atoms with Crippen LogP contribution in [0.1, 0.15) is 32.6 Å². The fourth-order valence-corrected chi connectivity index (χ4v) is 4.12. The SMILES string of the molecule is CCCCC(=O)N1CSCC1C(=O)NCCCN1CCNCC1.Cl. The van der Waals surface area contributed by atoms with Gasteiger partial charge in [0.05, 0.1) is 5.88 Å². The molecule has 2 amide bonds. The van der Waals surface area contributed by atoms with Crippen LogP contribution < -0.4 is 10.6 Å². The summed E-state index contributed by atoms with van der Waals surface area (Å²) in [5.41, 5.74) is 0. The Balaban J connectivity index is 0.00000288. The van der Waals surface area contributed by atoms with Crippen molar-refractivity contribution in [3.05, 3.63) is 0 Å². The number of hydrogen-bond acceptors (Lipinski definition) is 5. The van der Waals surface area contributed by atoms with Gasteiger partial charge in [0.1, 0.15) is 6.04 Å². The van der Waals surface area contributed by atoms with Gasteiger partial charge in [-0.1, -0.05) is 13.3 Å². The third-order valence-electron chi connectivity index (χ3n) is 4.41. The van der Waals surface area contributed by atoms with Gasteiger partial charge in [0.25, 0.3) is 0 Å². The Hall–Kier alpha value is -0.500. The van der Waals surface area contributed by atoms with Crippen molar-refractivity contribution >= 4 is 36.0 Å². The van der Waals surface area contributed by atoms with E-state index < -0.39 is 0 Å². The molecule has 2 N–H and O–H groups in total. The Morgan fingerprint density at radius 1 is 1.25 bits per heavy atom. The highest BCUT2D eigenvalue weighted by atomic mass is 35.5. The molecule has 8 heteroatoms. The Bertz CT molecular complexity index is 394. The fraction of sp³-hybridized carbons (Fsp3) is 0.875. The lowest BCUT2D eigenvalue weighted by molar-refractivity contribution is -0.138. The summed E-state index contributed by atoms with van der Waals surface area (Å²) >= 11 is 1.67.